The number of sulfonamides is 1. The van der Waals surface area contributed by atoms with Gasteiger partial charge in [-0.05, 0) is 18.2 Å². The molecule has 0 aliphatic carbocycles. The number of nitrogens with zero attached hydrogens (tertiary/aromatic N) is 3. The number of nitrogens with two attached hydrogens (primary N) is 2. The van der Waals surface area contributed by atoms with Crippen molar-refractivity contribution < 1.29 is 47.4 Å². The molecule has 3 heterocycles. The number of hydrogen-bond acceptors (Lipinski definition) is 15. The van der Waals surface area contributed by atoms with Crippen molar-refractivity contribution in [1.29, 1.82) is 0 Å². The summed E-state index contributed by atoms with van der Waals surface area (Å²) in [5.74, 6) is -4.76. The highest BCUT2D eigenvalue weighted by Gasteiger charge is 2.54. The Hall–Kier alpha value is -3.82. The van der Waals surface area contributed by atoms with Gasteiger partial charge in [0, 0.05) is 23.3 Å². The molecule has 2 aliphatic heterocycles. The molecule has 2 amide bonds. The number of anilines is 2. The first-order chi connectivity index (χ1) is 20.4. The number of nitrogen functional groups attached to an aromatic ring is 1. The predicted molar refractivity (Wildman–Crippen MR) is 169 cm³/mol. The van der Waals surface area contributed by atoms with E-state index in [1.54, 1.807) is 0 Å². The summed E-state index contributed by atoms with van der Waals surface area (Å²) >= 11 is 2.21. The predicted octanol–water partition coefficient (Wildman–Crippen LogP) is -0.0790. The van der Waals surface area contributed by atoms with Crippen LogP contribution in [0, 0.1) is 0 Å². The number of carbonyl (C=O) groups is 4. The number of rotatable bonds is 12. The number of aromatic nitrogens is 1. The third kappa shape index (κ3) is 8.27. The minimum atomic E-state index is -3.81. The molecule has 2 aromatic rings. The Morgan fingerprint density at radius 3 is 2.56 bits per heavy atom. The van der Waals surface area contributed by atoms with Crippen LogP contribution < -0.4 is 21.5 Å². The number of hydrogen-bond donors (Lipinski definition) is 6. The van der Waals surface area contributed by atoms with Gasteiger partial charge in [0.25, 0.3) is 11.8 Å². The lowest BCUT2D eigenvalue weighted by Crippen LogP contribution is -2.71. The minimum absolute atomic E-state index is 0. The first-order valence-electron chi connectivity index (χ1n) is 12.1. The van der Waals surface area contributed by atoms with Crippen LogP contribution >= 0.6 is 47.9 Å². The summed E-state index contributed by atoms with van der Waals surface area (Å²) in [4.78, 5) is 60.3. The number of thiazole rings is 1. The SMILES string of the molecule is CON=C(C(=O)NC1C(=O)N2C(C(=O)O)=C(COC(=O)c3ccc(NS(=O)(=O)CCN)c(O)c3)CS[C@H]12)c1csc(N)n1.Cl.Cl. The summed E-state index contributed by atoms with van der Waals surface area (Å²) < 4.78 is 31.1. The largest absolute Gasteiger partial charge is 0.506 e. The molecule has 0 radical (unpaired) electrons. The topological polar surface area (TPSA) is 266 Å². The molecule has 1 aromatic carbocycles. The Morgan fingerprint density at radius 2 is 1.98 bits per heavy atom. The Kier molecular flexibility index (Phi) is 12.8. The number of fused-ring (bicyclic) bond motifs is 1. The van der Waals surface area contributed by atoms with E-state index in [0.29, 0.717) is 0 Å². The lowest BCUT2D eigenvalue weighted by Gasteiger charge is -2.49. The minimum Gasteiger partial charge on any atom is -0.506 e. The maximum absolute atomic E-state index is 13.0. The standard InChI is InChI=1S/C23H25N7O10S3.2ClH/c1-39-28-15(13-9-42-23(25)26-13)18(32)27-16-19(33)30-17(21(34)35)11(8-41-20(16)30)7-40-22(36)10-2-3-12(14(31)6-10)29-43(37,38)5-4-24;;/h2-3,6,9,16,20,29,31H,4-5,7-8,24H2,1H3,(H2,25,26)(H,27,32)(H,34,35);2*1H/t16?,20-;;/m1../s1. The van der Waals surface area contributed by atoms with E-state index in [1.807, 2.05) is 0 Å². The van der Waals surface area contributed by atoms with Gasteiger partial charge in [0.15, 0.2) is 10.8 Å². The first-order valence-corrected chi connectivity index (χ1v) is 15.7. The van der Waals surface area contributed by atoms with Crippen LogP contribution in [0.25, 0.3) is 0 Å². The summed E-state index contributed by atoms with van der Waals surface area (Å²) in [5, 5.41) is 27.1. The maximum atomic E-state index is 13.0. The fourth-order valence-electron chi connectivity index (χ4n) is 4.05. The lowest BCUT2D eigenvalue weighted by atomic mass is 10.0. The molecule has 246 valence electrons. The van der Waals surface area contributed by atoms with Gasteiger partial charge in [0.2, 0.25) is 10.0 Å². The molecule has 1 saturated heterocycles. The average Bonchev–Trinajstić information content (AvgIpc) is 3.38. The van der Waals surface area contributed by atoms with Crippen molar-refractivity contribution in [3.05, 3.63) is 46.1 Å². The van der Waals surface area contributed by atoms with Crippen molar-refractivity contribution in [3.8, 4) is 5.75 Å². The van der Waals surface area contributed by atoms with Crippen LogP contribution in [0.1, 0.15) is 16.1 Å². The highest BCUT2D eigenvalue weighted by molar-refractivity contribution is 8.00. The van der Waals surface area contributed by atoms with Crippen LogP contribution in [-0.4, -0.2) is 101 Å². The fraction of sp³-hybridized carbons (Fsp3) is 0.304. The van der Waals surface area contributed by atoms with E-state index in [1.165, 1.54) is 18.6 Å². The van der Waals surface area contributed by atoms with E-state index >= 15 is 0 Å². The first kappa shape index (κ1) is 37.4. The van der Waals surface area contributed by atoms with E-state index in [0.717, 1.165) is 40.1 Å². The number of carboxylic acid groups (broad SMARTS) is 1. The number of benzene rings is 1. The van der Waals surface area contributed by atoms with Crippen molar-refractivity contribution in [2.75, 3.05) is 42.2 Å². The van der Waals surface area contributed by atoms with Crippen LogP contribution in [-0.2, 0) is 34.0 Å². The second-order valence-corrected chi connectivity index (χ2v) is 12.7. The number of nitrogens with one attached hydrogen (secondary N) is 2. The number of ether oxygens (including phenoxy) is 1. The normalized spacial score (nSPS) is 17.6. The maximum Gasteiger partial charge on any atom is 0.352 e. The smallest absolute Gasteiger partial charge is 0.352 e. The Morgan fingerprint density at radius 1 is 1.27 bits per heavy atom. The summed E-state index contributed by atoms with van der Waals surface area (Å²) in [6, 6.07) is 2.25. The van der Waals surface area contributed by atoms with Gasteiger partial charge in [-0.15, -0.1) is 47.9 Å². The third-order valence-electron chi connectivity index (χ3n) is 5.96. The molecule has 0 saturated carbocycles. The molecule has 1 fully saturated rings. The van der Waals surface area contributed by atoms with Crippen molar-refractivity contribution >= 4 is 98.2 Å². The van der Waals surface area contributed by atoms with Gasteiger partial charge in [0.1, 0.15) is 42.3 Å². The zero-order valence-electron chi connectivity index (χ0n) is 23.0. The van der Waals surface area contributed by atoms with Crippen molar-refractivity contribution in [3.63, 3.8) is 0 Å². The number of aliphatic carboxylic acids is 1. The highest BCUT2D eigenvalue weighted by atomic mass is 35.5. The number of amides is 2. The number of phenolic OH excluding ortho intramolecular Hbond substituents is 1. The number of carbonyl (C=O) groups excluding carboxylic acids is 3. The second-order valence-electron chi connectivity index (χ2n) is 8.83. The fourth-order valence-corrected chi connectivity index (χ4v) is 6.85. The number of thioether (sulfide) groups is 1. The molecule has 0 spiro atoms. The van der Waals surface area contributed by atoms with Crippen molar-refractivity contribution in [1.82, 2.24) is 15.2 Å². The molecule has 17 nitrogen and oxygen atoms in total. The molecule has 45 heavy (non-hydrogen) atoms. The van der Waals surface area contributed by atoms with Gasteiger partial charge in [-0.1, -0.05) is 5.16 Å². The molecule has 2 aliphatic rings. The third-order valence-corrected chi connectivity index (χ3v) is 9.28. The number of aromatic hydroxyl groups is 1. The molecule has 22 heteroatoms. The zero-order chi connectivity index (χ0) is 31.5. The number of oxime groups is 1. The van der Waals surface area contributed by atoms with E-state index in [2.05, 4.69) is 20.2 Å². The van der Waals surface area contributed by atoms with Crippen LogP contribution in [0.3, 0.4) is 0 Å². The summed E-state index contributed by atoms with van der Waals surface area (Å²) in [5.41, 5.74) is 10.2. The molecule has 4 rings (SSSR count). The van der Waals surface area contributed by atoms with E-state index in [9.17, 15) is 37.8 Å². The number of carboxylic acids is 1. The molecular formula is C23H27Cl2N7O10S3. The Labute approximate surface area is 276 Å². The highest BCUT2D eigenvalue weighted by Crippen LogP contribution is 2.40. The van der Waals surface area contributed by atoms with Crippen LogP contribution in [0.15, 0.2) is 40.0 Å². The molecule has 1 aromatic heterocycles. The summed E-state index contributed by atoms with van der Waals surface area (Å²) in [6.07, 6.45) is 0. The van der Waals surface area contributed by atoms with Gasteiger partial charge >= 0.3 is 11.9 Å². The summed E-state index contributed by atoms with van der Waals surface area (Å²) in [6.45, 7) is -0.637. The quantitative estimate of drug-likeness (QED) is 0.0549. The average molecular weight is 729 g/mol. The van der Waals surface area contributed by atoms with Gasteiger partial charge in [-0.2, -0.15) is 0 Å². The van der Waals surface area contributed by atoms with E-state index < -0.39 is 63.2 Å². The molecule has 1 unspecified atom stereocenters. The van der Waals surface area contributed by atoms with Crippen LogP contribution in [0.4, 0.5) is 10.8 Å². The zero-order valence-corrected chi connectivity index (χ0v) is 27.1. The van der Waals surface area contributed by atoms with Gasteiger partial charge in [-0.25, -0.2) is 23.0 Å². The number of β-lactam (4-membered cyclic amide) rings is 1. The van der Waals surface area contributed by atoms with Gasteiger partial charge in [-0.3, -0.25) is 19.2 Å². The number of phenols is 1. The number of halogens is 2. The van der Waals surface area contributed by atoms with Crippen molar-refractivity contribution in [2.24, 2.45) is 10.9 Å². The van der Waals surface area contributed by atoms with Crippen molar-refractivity contribution in [2.45, 2.75) is 11.4 Å². The van der Waals surface area contributed by atoms with Gasteiger partial charge < -0.3 is 36.6 Å². The lowest BCUT2D eigenvalue weighted by molar-refractivity contribution is -0.150. The second kappa shape index (κ2) is 15.5. The molecule has 2 atom stereocenters. The molecule has 0 bridgehead atoms. The molecular weight excluding hydrogens is 701 g/mol. The van der Waals surface area contributed by atoms with Crippen LogP contribution in [0.5, 0.6) is 5.75 Å². The van der Waals surface area contributed by atoms with Gasteiger partial charge in [0.05, 0.1) is 17.0 Å². The number of esters is 1. The Bertz CT molecular complexity index is 1650. The Balaban J connectivity index is 0.00000353. The molecule has 8 N–H and O–H groups in total. The van der Waals surface area contributed by atoms with E-state index in [4.69, 9.17) is 21.0 Å². The van der Waals surface area contributed by atoms with E-state index in [-0.39, 0.29) is 76.2 Å². The monoisotopic (exact) mass is 727 g/mol. The summed E-state index contributed by atoms with van der Waals surface area (Å²) in [7, 11) is -2.58. The van der Waals surface area contributed by atoms with Crippen LogP contribution in [0.2, 0.25) is 0 Å².